The third kappa shape index (κ3) is 3.45. The van der Waals surface area contributed by atoms with E-state index in [1.165, 1.54) is 5.56 Å². The smallest absolute Gasteiger partial charge is 0.120 e. The van der Waals surface area contributed by atoms with E-state index in [-0.39, 0.29) is 5.41 Å². The third-order valence-corrected chi connectivity index (χ3v) is 3.59. The number of rotatable bonds is 3. The molecule has 0 spiro atoms. The summed E-state index contributed by atoms with van der Waals surface area (Å²) in [6, 6.07) is 13.6. The predicted octanol–water partition coefficient (Wildman–Crippen LogP) is 4.80. The van der Waals surface area contributed by atoms with Crippen LogP contribution in [0.15, 0.2) is 42.5 Å². The fourth-order valence-electron chi connectivity index (χ4n) is 1.94. The maximum atomic E-state index is 6.14. The maximum Gasteiger partial charge on any atom is 0.120 e. The van der Waals surface area contributed by atoms with Gasteiger partial charge in [0.15, 0.2) is 0 Å². The second-order valence-electron chi connectivity index (χ2n) is 5.87. The average Bonchev–Trinajstić information content (AvgIpc) is 2.37. The van der Waals surface area contributed by atoms with Crippen LogP contribution in [0.25, 0.3) is 0 Å². The van der Waals surface area contributed by atoms with Crippen molar-refractivity contribution in [2.45, 2.75) is 32.8 Å². The highest BCUT2D eigenvalue weighted by molar-refractivity contribution is 6.31. The Labute approximate surface area is 125 Å². The van der Waals surface area contributed by atoms with Gasteiger partial charge in [-0.25, -0.2) is 0 Å². The van der Waals surface area contributed by atoms with E-state index >= 15 is 0 Å². The molecule has 0 aliphatic carbocycles. The molecule has 2 nitrogen and oxygen atoms in total. The van der Waals surface area contributed by atoms with Gasteiger partial charge in [-0.05, 0) is 35.2 Å². The van der Waals surface area contributed by atoms with Gasteiger partial charge in [0.2, 0.25) is 0 Å². The van der Waals surface area contributed by atoms with Gasteiger partial charge in [-0.3, -0.25) is 0 Å². The Morgan fingerprint density at radius 2 is 1.80 bits per heavy atom. The van der Waals surface area contributed by atoms with Gasteiger partial charge in [0, 0.05) is 16.3 Å². The number of anilines is 1. The van der Waals surface area contributed by atoms with Crippen molar-refractivity contribution in [1.29, 1.82) is 0 Å². The molecule has 0 atom stereocenters. The largest absolute Gasteiger partial charge is 0.489 e. The molecule has 0 unspecified atom stereocenters. The summed E-state index contributed by atoms with van der Waals surface area (Å²) in [5.74, 6) is 0.830. The zero-order valence-electron chi connectivity index (χ0n) is 12.1. The maximum absolute atomic E-state index is 6.14. The molecule has 0 heterocycles. The normalized spacial score (nSPS) is 11.4. The highest BCUT2D eigenvalue weighted by atomic mass is 35.5. The lowest BCUT2D eigenvalue weighted by atomic mass is 9.87. The van der Waals surface area contributed by atoms with Crippen molar-refractivity contribution in [2.24, 2.45) is 0 Å². The molecular formula is C17H20ClNO. The fraction of sp³-hybridized carbons (Fsp3) is 0.294. The molecular weight excluding hydrogens is 270 g/mol. The molecule has 0 radical (unpaired) electrons. The van der Waals surface area contributed by atoms with Crippen LogP contribution in [0, 0.1) is 0 Å². The summed E-state index contributed by atoms with van der Waals surface area (Å²) in [6.07, 6.45) is 0. The molecule has 20 heavy (non-hydrogen) atoms. The number of nitrogens with two attached hydrogens (primary N) is 1. The van der Waals surface area contributed by atoms with Crippen LogP contribution in [0.1, 0.15) is 31.9 Å². The highest BCUT2D eigenvalue weighted by Gasteiger charge is 2.14. The first kappa shape index (κ1) is 14.7. The van der Waals surface area contributed by atoms with Crippen LogP contribution in [0.4, 0.5) is 5.69 Å². The Hall–Kier alpha value is -1.67. The van der Waals surface area contributed by atoms with Crippen LogP contribution in [0.5, 0.6) is 5.75 Å². The highest BCUT2D eigenvalue weighted by Crippen LogP contribution is 2.27. The van der Waals surface area contributed by atoms with Crippen LogP contribution in [0.2, 0.25) is 5.02 Å². The van der Waals surface area contributed by atoms with Crippen LogP contribution < -0.4 is 10.5 Å². The molecule has 2 rings (SSSR count). The quantitative estimate of drug-likeness (QED) is 0.824. The predicted molar refractivity (Wildman–Crippen MR) is 85.3 cm³/mol. The molecule has 2 N–H and O–H groups in total. The minimum atomic E-state index is 0.1000. The standard InChI is InChI=1S/C17H20ClNO/c1-17(2,3)12-6-4-7-13(10-12)20-11-14-15(18)8-5-9-16(14)19/h4-10H,11,19H2,1-3H3. The summed E-state index contributed by atoms with van der Waals surface area (Å²) in [5.41, 5.74) is 8.74. The van der Waals surface area contributed by atoms with Gasteiger partial charge in [0.05, 0.1) is 0 Å². The number of halogens is 1. The number of ether oxygens (including phenoxy) is 1. The second kappa shape index (κ2) is 5.76. The fourth-order valence-corrected chi connectivity index (χ4v) is 2.17. The van der Waals surface area contributed by atoms with E-state index < -0.39 is 0 Å². The van der Waals surface area contributed by atoms with Crippen molar-refractivity contribution >= 4 is 17.3 Å². The van der Waals surface area contributed by atoms with E-state index in [1.807, 2.05) is 30.3 Å². The van der Waals surface area contributed by atoms with Crippen LogP contribution in [-0.4, -0.2) is 0 Å². The van der Waals surface area contributed by atoms with Crippen LogP contribution in [-0.2, 0) is 12.0 Å². The topological polar surface area (TPSA) is 35.2 Å². The minimum Gasteiger partial charge on any atom is -0.489 e. The molecule has 0 aromatic heterocycles. The van der Waals surface area contributed by atoms with E-state index in [2.05, 4.69) is 32.9 Å². The Kier molecular flexibility index (Phi) is 4.24. The second-order valence-corrected chi connectivity index (χ2v) is 6.28. The monoisotopic (exact) mass is 289 g/mol. The van der Waals surface area contributed by atoms with Crippen molar-refractivity contribution in [1.82, 2.24) is 0 Å². The zero-order valence-corrected chi connectivity index (χ0v) is 12.9. The van der Waals surface area contributed by atoms with E-state index in [0.717, 1.165) is 11.3 Å². The van der Waals surface area contributed by atoms with E-state index in [9.17, 15) is 0 Å². The van der Waals surface area contributed by atoms with Crippen molar-refractivity contribution in [3.8, 4) is 5.75 Å². The Morgan fingerprint density at radius 1 is 1.10 bits per heavy atom. The van der Waals surface area contributed by atoms with Gasteiger partial charge in [-0.1, -0.05) is 50.6 Å². The first-order valence-corrected chi connectivity index (χ1v) is 7.02. The van der Waals surface area contributed by atoms with E-state index in [0.29, 0.717) is 17.3 Å². The molecule has 106 valence electrons. The van der Waals surface area contributed by atoms with Crippen molar-refractivity contribution < 1.29 is 4.74 Å². The zero-order chi connectivity index (χ0) is 14.8. The van der Waals surface area contributed by atoms with Gasteiger partial charge in [-0.2, -0.15) is 0 Å². The SMILES string of the molecule is CC(C)(C)c1cccc(OCc2c(N)cccc2Cl)c1. The lowest BCUT2D eigenvalue weighted by Gasteiger charge is -2.20. The molecule has 0 amide bonds. The van der Waals surface area contributed by atoms with E-state index in [1.54, 1.807) is 0 Å². The molecule has 0 aliphatic rings. The number of nitrogen functional groups attached to an aromatic ring is 1. The molecule has 2 aromatic carbocycles. The first-order chi connectivity index (χ1) is 9.38. The average molecular weight is 290 g/mol. The summed E-state index contributed by atoms with van der Waals surface area (Å²) in [6.45, 7) is 6.91. The van der Waals surface area contributed by atoms with Gasteiger partial charge in [0.25, 0.3) is 0 Å². The first-order valence-electron chi connectivity index (χ1n) is 6.64. The summed E-state index contributed by atoms with van der Waals surface area (Å²) in [4.78, 5) is 0. The van der Waals surface area contributed by atoms with Crippen LogP contribution >= 0.6 is 11.6 Å². The van der Waals surface area contributed by atoms with Crippen LogP contribution in [0.3, 0.4) is 0 Å². The summed E-state index contributed by atoms with van der Waals surface area (Å²) < 4.78 is 5.83. The van der Waals surface area contributed by atoms with E-state index in [4.69, 9.17) is 22.1 Å². The number of benzene rings is 2. The number of hydrogen-bond donors (Lipinski definition) is 1. The van der Waals surface area contributed by atoms with Gasteiger partial charge >= 0.3 is 0 Å². The van der Waals surface area contributed by atoms with Gasteiger partial charge in [0.1, 0.15) is 12.4 Å². The van der Waals surface area contributed by atoms with Crippen molar-refractivity contribution in [2.75, 3.05) is 5.73 Å². The molecule has 0 fully saturated rings. The molecule has 0 bridgehead atoms. The lowest BCUT2D eigenvalue weighted by Crippen LogP contribution is -2.11. The Morgan fingerprint density at radius 3 is 2.45 bits per heavy atom. The lowest BCUT2D eigenvalue weighted by molar-refractivity contribution is 0.306. The molecule has 3 heteroatoms. The number of hydrogen-bond acceptors (Lipinski definition) is 2. The summed E-state index contributed by atoms with van der Waals surface area (Å²) in [5, 5.41) is 0.636. The summed E-state index contributed by atoms with van der Waals surface area (Å²) in [7, 11) is 0. The van der Waals surface area contributed by atoms with Gasteiger partial charge < -0.3 is 10.5 Å². The molecule has 0 saturated heterocycles. The molecule has 0 saturated carbocycles. The van der Waals surface area contributed by atoms with Crippen molar-refractivity contribution in [3.63, 3.8) is 0 Å². The molecule has 0 aliphatic heterocycles. The molecule has 2 aromatic rings. The van der Waals surface area contributed by atoms with Gasteiger partial charge in [-0.15, -0.1) is 0 Å². The summed E-state index contributed by atoms with van der Waals surface area (Å²) >= 11 is 6.14. The minimum absolute atomic E-state index is 0.1000. The third-order valence-electron chi connectivity index (χ3n) is 3.24. The Bertz CT molecular complexity index is 582. The Balaban J connectivity index is 2.16. The van der Waals surface area contributed by atoms with Crippen molar-refractivity contribution in [3.05, 3.63) is 58.6 Å².